The van der Waals surface area contributed by atoms with Crippen LogP contribution in [0.1, 0.15) is 65.7 Å². The molecule has 0 N–H and O–H groups in total. The van der Waals surface area contributed by atoms with Gasteiger partial charge in [-0.1, -0.05) is 36.6 Å². The normalized spacial score (nSPS) is 22.9. The van der Waals surface area contributed by atoms with Crippen LogP contribution in [0.15, 0.2) is 23.3 Å². The van der Waals surface area contributed by atoms with Gasteiger partial charge in [-0.25, -0.2) is 0 Å². The summed E-state index contributed by atoms with van der Waals surface area (Å²) in [6.45, 7) is 8.42. The average molecular weight is 289 g/mol. The summed E-state index contributed by atoms with van der Waals surface area (Å²) in [5, 5.41) is 0. The Morgan fingerprint density at radius 2 is 2.10 bits per heavy atom. The molecule has 2 nitrogen and oxygen atoms in total. The molecule has 0 bridgehead atoms. The van der Waals surface area contributed by atoms with Gasteiger partial charge in [-0.15, -0.1) is 0 Å². The van der Waals surface area contributed by atoms with E-state index in [9.17, 15) is 4.79 Å². The Labute approximate surface area is 130 Å². The molecule has 21 heavy (non-hydrogen) atoms. The lowest BCUT2D eigenvalue weighted by Gasteiger charge is -2.24. The molecule has 2 aliphatic rings. The molecule has 0 saturated heterocycles. The first kappa shape index (κ1) is 16.3. The number of hydrogen-bond donors (Lipinski definition) is 0. The van der Waals surface area contributed by atoms with Gasteiger partial charge in [0.25, 0.3) is 0 Å². The summed E-state index contributed by atoms with van der Waals surface area (Å²) in [5.74, 6) is 1.43. The zero-order chi connectivity index (χ0) is 15.2. The first-order valence-corrected chi connectivity index (χ1v) is 8.73. The van der Waals surface area contributed by atoms with Crippen LogP contribution in [0.5, 0.6) is 0 Å². The van der Waals surface area contributed by atoms with Crippen LogP contribution in [-0.4, -0.2) is 23.9 Å². The van der Waals surface area contributed by atoms with E-state index < -0.39 is 0 Å². The number of unbranched alkanes of at least 4 members (excludes halogenated alkanes) is 1. The molecule has 1 fully saturated rings. The van der Waals surface area contributed by atoms with Gasteiger partial charge in [-0.3, -0.25) is 4.79 Å². The van der Waals surface area contributed by atoms with Crippen LogP contribution in [0.25, 0.3) is 0 Å². The van der Waals surface area contributed by atoms with Crippen molar-refractivity contribution in [3.63, 3.8) is 0 Å². The van der Waals surface area contributed by atoms with Gasteiger partial charge in [0.1, 0.15) is 0 Å². The quantitative estimate of drug-likeness (QED) is 0.621. The molecule has 2 heteroatoms. The van der Waals surface area contributed by atoms with Crippen molar-refractivity contribution in [2.45, 2.75) is 65.7 Å². The molecule has 0 spiro atoms. The molecule has 1 saturated carbocycles. The molecule has 0 aromatic rings. The summed E-state index contributed by atoms with van der Waals surface area (Å²) in [7, 11) is 0. The molecule has 1 atom stereocenters. The fourth-order valence-corrected chi connectivity index (χ4v) is 3.03. The number of amides is 1. The van der Waals surface area contributed by atoms with Crippen LogP contribution in [0.4, 0.5) is 0 Å². The van der Waals surface area contributed by atoms with Crippen LogP contribution in [0.2, 0.25) is 0 Å². The minimum atomic E-state index is 0.343. The number of rotatable bonds is 7. The van der Waals surface area contributed by atoms with Gasteiger partial charge in [0.2, 0.25) is 5.91 Å². The van der Waals surface area contributed by atoms with Crippen molar-refractivity contribution < 1.29 is 4.79 Å². The Morgan fingerprint density at radius 3 is 2.67 bits per heavy atom. The van der Waals surface area contributed by atoms with E-state index in [-0.39, 0.29) is 0 Å². The minimum absolute atomic E-state index is 0.343. The summed E-state index contributed by atoms with van der Waals surface area (Å²) >= 11 is 0. The van der Waals surface area contributed by atoms with Crippen molar-refractivity contribution in [2.75, 3.05) is 13.1 Å². The highest BCUT2D eigenvalue weighted by molar-refractivity contribution is 5.81. The number of allylic oxidation sites excluding steroid dienone is 3. The second-order valence-corrected chi connectivity index (χ2v) is 6.88. The second kappa shape index (κ2) is 7.82. The minimum Gasteiger partial charge on any atom is -0.339 e. The monoisotopic (exact) mass is 289 g/mol. The topological polar surface area (TPSA) is 20.3 Å². The van der Waals surface area contributed by atoms with Gasteiger partial charge in [0.15, 0.2) is 0 Å². The summed E-state index contributed by atoms with van der Waals surface area (Å²) in [4.78, 5) is 14.4. The highest BCUT2D eigenvalue weighted by Crippen LogP contribution is 2.32. The van der Waals surface area contributed by atoms with Gasteiger partial charge in [-0.05, 0) is 58.3 Å². The Hall–Kier alpha value is -1.05. The van der Waals surface area contributed by atoms with Crippen molar-refractivity contribution >= 4 is 5.91 Å². The number of carbonyl (C=O) groups is 1. The lowest BCUT2D eigenvalue weighted by molar-refractivity contribution is -0.132. The molecular formula is C19H31NO. The van der Waals surface area contributed by atoms with Crippen molar-refractivity contribution in [1.82, 2.24) is 4.90 Å². The van der Waals surface area contributed by atoms with E-state index in [0.717, 1.165) is 38.8 Å². The van der Waals surface area contributed by atoms with Gasteiger partial charge in [-0.2, -0.15) is 0 Å². The van der Waals surface area contributed by atoms with Crippen molar-refractivity contribution in [2.24, 2.45) is 11.8 Å². The third-order valence-corrected chi connectivity index (χ3v) is 4.94. The number of carbonyl (C=O) groups excluding carboxylic acids is 1. The van der Waals surface area contributed by atoms with Crippen LogP contribution in [-0.2, 0) is 4.79 Å². The molecule has 1 unspecified atom stereocenters. The van der Waals surface area contributed by atoms with E-state index in [0.29, 0.717) is 17.7 Å². The highest BCUT2D eigenvalue weighted by Gasteiger charge is 2.32. The molecule has 0 aliphatic heterocycles. The van der Waals surface area contributed by atoms with Gasteiger partial charge >= 0.3 is 0 Å². The van der Waals surface area contributed by atoms with Crippen LogP contribution in [0.3, 0.4) is 0 Å². The maximum absolute atomic E-state index is 12.3. The molecule has 0 aromatic carbocycles. The number of hydrogen-bond acceptors (Lipinski definition) is 1. The Bertz CT molecular complexity index is 417. The van der Waals surface area contributed by atoms with Crippen molar-refractivity contribution in [3.8, 4) is 0 Å². The third kappa shape index (κ3) is 5.01. The maximum Gasteiger partial charge on any atom is 0.225 e. The number of nitrogens with zero attached hydrogens (tertiary/aromatic N) is 1. The zero-order valence-electron chi connectivity index (χ0n) is 14.0. The molecule has 2 rings (SSSR count). The first-order chi connectivity index (χ1) is 10.1. The molecule has 0 heterocycles. The SMILES string of the molecule is CCCCN(CC=C(C)C1CC=C(C)CC1)C(=O)C1CC1. The molecule has 118 valence electrons. The van der Waals surface area contributed by atoms with Gasteiger partial charge < -0.3 is 4.90 Å². The van der Waals surface area contributed by atoms with Crippen LogP contribution < -0.4 is 0 Å². The van der Waals surface area contributed by atoms with Gasteiger partial charge in [0, 0.05) is 19.0 Å². The van der Waals surface area contributed by atoms with Crippen LogP contribution in [0, 0.1) is 11.8 Å². The summed E-state index contributed by atoms with van der Waals surface area (Å²) in [6.07, 6.45) is 12.9. The lowest BCUT2D eigenvalue weighted by atomic mass is 9.85. The Morgan fingerprint density at radius 1 is 1.33 bits per heavy atom. The predicted octanol–water partition coefficient (Wildman–Crippen LogP) is 4.72. The fraction of sp³-hybridized carbons (Fsp3) is 0.737. The summed E-state index contributed by atoms with van der Waals surface area (Å²) in [6, 6.07) is 0. The van der Waals surface area contributed by atoms with Crippen molar-refractivity contribution in [1.29, 1.82) is 0 Å². The summed E-state index contributed by atoms with van der Waals surface area (Å²) < 4.78 is 0. The molecule has 0 radical (unpaired) electrons. The molecule has 2 aliphatic carbocycles. The third-order valence-electron chi connectivity index (χ3n) is 4.94. The van der Waals surface area contributed by atoms with E-state index >= 15 is 0 Å². The Balaban J connectivity index is 1.89. The molecule has 0 aromatic heterocycles. The van der Waals surface area contributed by atoms with E-state index in [2.05, 4.69) is 37.8 Å². The maximum atomic E-state index is 12.3. The lowest BCUT2D eigenvalue weighted by Crippen LogP contribution is -2.33. The largest absolute Gasteiger partial charge is 0.339 e. The summed E-state index contributed by atoms with van der Waals surface area (Å²) in [5.41, 5.74) is 3.01. The second-order valence-electron chi connectivity index (χ2n) is 6.88. The van der Waals surface area contributed by atoms with Crippen molar-refractivity contribution in [3.05, 3.63) is 23.3 Å². The van der Waals surface area contributed by atoms with E-state index in [1.54, 1.807) is 0 Å². The van der Waals surface area contributed by atoms with E-state index in [1.165, 1.54) is 30.4 Å². The smallest absolute Gasteiger partial charge is 0.225 e. The van der Waals surface area contributed by atoms with E-state index in [4.69, 9.17) is 0 Å². The highest BCUT2D eigenvalue weighted by atomic mass is 16.2. The standard InChI is InChI=1S/C19H31NO/c1-4-5-13-20(19(21)18-10-11-18)14-12-16(3)17-8-6-15(2)7-9-17/h6,12,17-18H,4-5,7-11,13-14H2,1-3H3. The first-order valence-electron chi connectivity index (χ1n) is 8.73. The molecular weight excluding hydrogens is 258 g/mol. The average Bonchev–Trinajstić information content (AvgIpc) is 3.32. The Kier molecular flexibility index (Phi) is 6.08. The molecule has 1 amide bonds. The van der Waals surface area contributed by atoms with Crippen LogP contribution >= 0.6 is 0 Å². The van der Waals surface area contributed by atoms with Gasteiger partial charge in [0.05, 0.1) is 0 Å². The van der Waals surface area contributed by atoms with E-state index in [1.807, 2.05) is 0 Å². The fourth-order valence-electron chi connectivity index (χ4n) is 3.03. The zero-order valence-corrected chi connectivity index (χ0v) is 14.0. The predicted molar refractivity (Wildman–Crippen MR) is 89.1 cm³/mol.